The van der Waals surface area contributed by atoms with Crippen molar-refractivity contribution < 1.29 is 18.0 Å². The number of benzene rings is 1. The molecule has 2 atom stereocenters. The molecule has 32 heavy (non-hydrogen) atoms. The van der Waals surface area contributed by atoms with E-state index in [0.717, 1.165) is 51.4 Å². The van der Waals surface area contributed by atoms with Crippen molar-refractivity contribution >= 4 is 27.5 Å². The molecule has 1 aromatic carbocycles. The monoisotopic (exact) mass is 461 g/mol. The van der Waals surface area contributed by atoms with Crippen LogP contribution < -0.4 is 5.32 Å². The Morgan fingerprint density at radius 3 is 2.41 bits per heavy atom. The number of hydrogen-bond acceptors (Lipinski definition) is 4. The highest BCUT2D eigenvalue weighted by Crippen LogP contribution is 2.30. The van der Waals surface area contributed by atoms with Gasteiger partial charge in [0.1, 0.15) is 0 Å². The van der Waals surface area contributed by atoms with Crippen LogP contribution in [0.3, 0.4) is 0 Å². The highest BCUT2D eigenvalue weighted by molar-refractivity contribution is 7.89. The van der Waals surface area contributed by atoms with Crippen LogP contribution in [0.2, 0.25) is 0 Å². The normalized spacial score (nSPS) is 25.8. The Kier molecular flexibility index (Phi) is 7.20. The highest BCUT2D eigenvalue weighted by atomic mass is 32.2. The SMILES string of the molecule is CCC1CCCCN1S(=O)(=O)c1ccc(NC(=O)C2CC(=O)N(C3CCCCC3)C2)cc1. The molecule has 0 aromatic heterocycles. The molecule has 176 valence electrons. The number of carbonyl (C=O) groups is 2. The summed E-state index contributed by atoms with van der Waals surface area (Å²) in [6.45, 7) is 3.07. The van der Waals surface area contributed by atoms with Gasteiger partial charge < -0.3 is 10.2 Å². The molecule has 0 spiro atoms. The number of amides is 2. The van der Waals surface area contributed by atoms with E-state index < -0.39 is 10.0 Å². The Labute approximate surface area is 191 Å². The molecule has 0 bridgehead atoms. The number of piperidine rings is 1. The second-order valence-electron chi connectivity index (χ2n) is 9.43. The van der Waals surface area contributed by atoms with Crippen LogP contribution in [0.1, 0.15) is 71.1 Å². The molecule has 7 nitrogen and oxygen atoms in total. The smallest absolute Gasteiger partial charge is 0.243 e. The third kappa shape index (κ3) is 4.86. The molecular formula is C24H35N3O4S. The Hall–Kier alpha value is -1.93. The fourth-order valence-corrected chi connectivity index (χ4v) is 7.21. The van der Waals surface area contributed by atoms with Gasteiger partial charge in [0, 0.05) is 37.3 Å². The number of likely N-dealkylation sites (tertiary alicyclic amines) is 1. The van der Waals surface area contributed by atoms with Crippen LogP contribution >= 0.6 is 0 Å². The Morgan fingerprint density at radius 1 is 1.03 bits per heavy atom. The van der Waals surface area contributed by atoms with Crippen LogP contribution in [-0.4, -0.2) is 54.6 Å². The molecule has 2 aliphatic heterocycles. The summed E-state index contributed by atoms with van der Waals surface area (Å²) in [4.78, 5) is 27.4. The molecule has 2 heterocycles. The van der Waals surface area contributed by atoms with Crippen molar-refractivity contribution in [2.75, 3.05) is 18.4 Å². The van der Waals surface area contributed by atoms with E-state index in [9.17, 15) is 18.0 Å². The van der Waals surface area contributed by atoms with Crippen molar-refractivity contribution in [1.82, 2.24) is 9.21 Å². The topological polar surface area (TPSA) is 86.8 Å². The lowest BCUT2D eigenvalue weighted by Crippen LogP contribution is -2.43. The first-order valence-electron chi connectivity index (χ1n) is 12.1. The minimum atomic E-state index is -3.54. The average Bonchev–Trinajstić information content (AvgIpc) is 3.21. The van der Waals surface area contributed by atoms with Gasteiger partial charge in [-0.1, -0.05) is 32.6 Å². The minimum Gasteiger partial charge on any atom is -0.339 e. The van der Waals surface area contributed by atoms with Crippen molar-refractivity contribution in [3.05, 3.63) is 24.3 Å². The van der Waals surface area contributed by atoms with E-state index in [2.05, 4.69) is 5.32 Å². The highest BCUT2D eigenvalue weighted by Gasteiger charge is 2.38. The average molecular weight is 462 g/mol. The summed E-state index contributed by atoms with van der Waals surface area (Å²) >= 11 is 0. The van der Waals surface area contributed by atoms with Crippen molar-refractivity contribution in [3.63, 3.8) is 0 Å². The maximum atomic E-state index is 13.1. The zero-order valence-corrected chi connectivity index (χ0v) is 19.8. The van der Waals surface area contributed by atoms with Crippen LogP contribution in [0, 0.1) is 5.92 Å². The molecule has 1 aliphatic carbocycles. The van der Waals surface area contributed by atoms with Crippen LogP contribution in [0.5, 0.6) is 0 Å². The molecule has 2 amide bonds. The summed E-state index contributed by atoms with van der Waals surface area (Å²) in [5, 5.41) is 2.88. The van der Waals surface area contributed by atoms with Crippen molar-refractivity contribution in [3.8, 4) is 0 Å². The number of carbonyl (C=O) groups excluding carboxylic acids is 2. The first kappa shape index (κ1) is 23.2. The molecule has 0 radical (unpaired) electrons. The fraction of sp³-hybridized carbons (Fsp3) is 0.667. The second kappa shape index (κ2) is 9.91. The van der Waals surface area contributed by atoms with Crippen LogP contribution in [0.15, 0.2) is 29.2 Å². The number of anilines is 1. The Bertz CT molecular complexity index is 925. The first-order chi connectivity index (χ1) is 15.4. The Balaban J connectivity index is 1.38. The van der Waals surface area contributed by atoms with Crippen molar-refractivity contribution in [2.45, 2.75) is 88.1 Å². The van der Waals surface area contributed by atoms with Crippen LogP contribution in [-0.2, 0) is 19.6 Å². The van der Waals surface area contributed by atoms with Gasteiger partial charge in [0.2, 0.25) is 21.8 Å². The van der Waals surface area contributed by atoms with Gasteiger partial charge in [0.05, 0.1) is 10.8 Å². The van der Waals surface area contributed by atoms with E-state index in [1.165, 1.54) is 6.42 Å². The third-order valence-electron chi connectivity index (χ3n) is 7.32. The number of nitrogens with zero attached hydrogens (tertiary/aromatic N) is 2. The molecule has 2 saturated heterocycles. The zero-order valence-electron chi connectivity index (χ0n) is 19.0. The fourth-order valence-electron chi connectivity index (χ4n) is 5.44. The van der Waals surface area contributed by atoms with E-state index in [1.54, 1.807) is 28.6 Å². The first-order valence-corrected chi connectivity index (χ1v) is 13.6. The number of rotatable bonds is 6. The van der Waals surface area contributed by atoms with Crippen molar-refractivity contribution in [2.24, 2.45) is 5.92 Å². The van der Waals surface area contributed by atoms with E-state index in [1.807, 2.05) is 11.8 Å². The van der Waals surface area contributed by atoms with E-state index in [4.69, 9.17) is 0 Å². The molecule has 4 rings (SSSR count). The van der Waals surface area contributed by atoms with Crippen molar-refractivity contribution in [1.29, 1.82) is 0 Å². The lowest BCUT2D eigenvalue weighted by atomic mass is 9.94. The van der Waals surface area contributed by atoms with Gasteiger partial charge >= 0.3 is 0 Å². The van der Waals surface area contributed by atoms with Gasteiger partial charge in [-0.25, -0.2) is 8.42 Å². The number of sulfonamides is 1. The summed E-state index contributed by atoms with van der Waals surface area (Å²) < 4.78 is 27.9. The van der Waals surface area contributed by atoms with Gasteiger partial charge in [-0.3, -0.25) is 9.59 Å². The van der Waals surface area contributed by atoms with Gasteiger partial charge in [-0.2, -0.15) is 4.31 Å². The Morgan fingerprint density at radius 2 is 1.72 bits per heavy atom. The lowest BCUT2D eigenvalue weighted by Gasteiger charge is -2.34. The third-order valence-corrected chi connectivity index (χ3v) is 9.28. The largest absolute Gasteiger partial charge is 0.339 e. The predicted octanol–water partition coefficient (Wildman–Crippen LogP) is 3.76. The van der Waals surface area contributed by atoms with Gasteiger partial charge in [0.25, 0.3) is 0 Å². The van der Waals surface area contributed by atoms with Crippen LogP contribution in [0.4, 0.5) is 5.69 Å². The van der Waals surface area contributed by atoms with E-state index >= 15 is 0 Å². The molecule has 2 unspecified atom stereocenters. The number of nitrogens with one attached hydrogen (secondary N) is 1. The standard InChI is InChI=1S/C24H35N3O4S/c1-2-20-8-6-7-15-27(20)32(30,31)22-13-11-19(12-14-22)25-24(29)18-16-23(28)26(17-18)21-9-4-3-5-10-21/h11-14,18,20-21H,2-10,15-17H2,1H3,(H,25,29). The quantitative estimate of drug-likeness (QED) is 0.699. The maximum Gasteiger partial charge on any atom is 0.243 e. The molecule has 1 N–H and O–H groups in total. The summed E-state index contributed by atoms with van der Waals surface area (Å²) in [6.07, 6.45) is 9.52. The number of hydrogen-bond donors (Lipinski definition) is 1. The minimum absolute atomic E-state index is 0.0557. The van der Waals surface area contributed by atoms with Gasteiger partial charge in [0.15, 0.2) is 0 Å². The summed E-state index contributed by atoms with van der Waals surface area (Å²) in [7, 11) is -3.54. The predicted molar refractivity (Wildman–Crippen MR) is 124 cm³/mol. The summed E-state index contributed by atoms with van der Waals surface area (Å²) in [5.41, 5.74) is 0.559. The summed E-state index contributed by atoms with van der Waals surface area (Å²) in [5.74, 6) is -0.452. The molecule has 3 fully saturated rings. The molecule has 1 saturated carbocycles. The molecule has 8 heteroatoms. The molecule has 3 aliphatic rings. The van der Waals surface area contributed by atoms with E-state index in [-0.39, 0.29) is 41.1 Å². The summed E-state index contributed by atoms with van der Waals surface area (Å²) in [6, 6.07) is 6.76. The van der Waals surface area contributed by atoms with Gasteiger partial charge in [-0.05, 0) is 56.4 Å². The molecular weight excluding hydrogens is 426 g/mol. The van der Waals surface area contributed by atoms with Crippen LogP contribution in [0.25, 0.3) is 0 Å². The zero-order chi connectivity index (χ0) is 22.7. The lowest BCUT2D eigenvalue weighted by molar-refractivity contribution is -0.130. The second-order valence-corrected chi connectivity index (χ2v) is 11.3. The molecule has 1 aromatic rings. The maximum absolute atomic E-state index is 13.1. The van der Waals surface area contributed by atoms with E-state index in [0.29, 0.717) is 18.8 Å². The van der Waals surface area contributed by atoms with Gasteiger partial charge in [-0.15, -0.1) is 0 Å².